The molecule has 0 aromatic heterocycles. The topological polar surface area (TPSA) is 69.7 Å². The third-order valence-electron chi connectivity index (χ3n) is 5.64. The standard InChI is InChI=1S/C20H27N3O3/c1-3-15(2)22(13-16-9-5-4-6-10-16)17(24)14-23-18(25)20(21-19(23)26)11-7-8-12-20/h4-6,9-10,15H,3,7-8,11-14H2,1-2H3,(H,21,26)/t15-/m1/s1. The summed E-state index contributed by atoms with van der Waals surface area (Å²) in [5.41, 5.74) is 0.267. The van der Waals surface area contributed by atoms with Gasteiger partial charge in [-0.15, -0.1) is 0 Å². The number of nitrogens with zero attached hydrogens (tertiary/aromatic N) is 2. The van der Waals surface area contributed by atoms with E-state index in [0.717, 1.165) is 29.7 Å². The van der Waals surface area contributed by atoms with Gasteiger partial charge < -0.3 is 10.2 Å². The molecule has 6 nitrogen and oxygen atoms in total. The average Bonchev–Trinajstić information content (AvgIpc) is 3.20. The zero-order valence-electron chi connectivity index (χ0n) is 15.5. The Bertz CT molecular complexity index is 683. The van der Waals surface area contributed by atoms with Crippen molar-refractivity contribution in [3.8, 4) is 0 Å². The number of imide groups is 1. The van der Waals surface area contributed by atoms with Crippen molar-refractivity contribution in [2.24, 2.45) is 0 Å². The molecule has 1 atom stereocenters. The normalized spacial score (nSPS) is 19.7. The largest absolute Gasteiger partial charge is 0.334 e. The summed E-state index contributed by atoms with van der Waals surface area (Å²) in [5, 5.41) is 2.83. The second-order valence-electron chi connectivity index (χ2n) is 7.38. The fourth-order valence-electron chi connectivity index (χ4n) is 3.85. The van der Waals surface area contributed by atoms with E-state index >= 15 is 0 Å². The van der Waals surface area contributed by atoms with Crippen molar-refractivity contribution in [2.45, 2.75) is 64.1 Å². The molecule has 4 amide bonds. The lowest BCUT2D eigenvalue weighted by molar-refractivity contribution is -0.140. The van der Waals surface area contributed by atoms with E-state index in [0.29, 0.717) is 19.4 Å². The molecular formula is C20H27N3O3. The van der Waals surface area contributed by atoms with Crippen molar-refractivity contribution in [1.82, 2.24) is 15.1 Å². The van der Waals surface area contributed by atoms with E-state index < -0.39 is 11.6 Å². The molecule has 1 saturated carbocycles. The Hall–Kier alpha value is -2.37. The summed E-state index contributed by atoms with van der Waals surface area (Å²) in [5.74, 6) is -0.432. The number of hydrogen-bond donors (Lipinski definition) is 1. The summed E-state index contributed by atoms with van der Waals surface area (Å²) < 4.78 is 0. The van der Waals surface area contributed by atoms with E-state index in [9.17, 15) is 14.4 Å². The van der Waals surface area contributed by atoms with E-state index in [2.05, 4.69) is 5.32 Å². The van der Waals surface area contributed by atoms with Crippen LogP contribution in [0.25, 0.3) is 0 Å². The van der Waals surface area contributed by atoms with Crippen LogP contribution < -0.4 is 5.32 Å². The molecule has 26 heavy (non-hydrogen) atoms. The first kappa shape index (κ1) is 18.4. The zero-order valence-corrected chi connectivity index (χ0v) is 15.5. The van der Waals surface area contributed by atoms with Gasteiger partial charge in [0.25, 0.3) is 5.91 Å². The first-order chi connectivity index (χ1) is 12.5. The molecule has 1 spiro atoms. The van der Waals surface area contributed by atoms with Gasteiger partial charge >= 0.3 is 6.03 Å². The van der Waals surface area contributed by atoms with Crippen LogP contribution in [0.1, 0.15) is 51.5 Å². The van der Waals surface area contributed by atoms with Gasteiger partial charge in [0.15, 0.2) is 0 Å². The quantitative estimate of drug-likeness (QED) is 0.796. The van der Waals surface area contributed by atoms with Gasteiger partial charge in [0, 0.05) is 12.6 Å². The molecule has 1 N–H and O–H groups in total. The minimum atomic E-state index is -0.766. The van der Waals surface area contributed by atoms with Crippen molar-refractivity contribution >= 4 is 17.8 Å². The number of carbonyl (C=O) groups is 3. The number of nitrogens with one attached hydrogen (secondary N) is 1. The van der Waals surface area contributed by atoms with E-state index in [1.165, 1.54) is 0 Å². The van der Waals surface area contributed by atoms with Crippen LogP contribution in [0.15, 0.2) is 30.3 Å². The minimum absolute atomic E-state index is 0.0314. The first-order valence-electron chi connectivity index (χ1n) is 9.44. The summed E-state index contributed by atoms with van der Waals surface area (Å²) in [6.07, 6.45) is 4.01. The molecule has 1 aromatic rings. The maximum atomic E-state index is 13.0. The molecule has 2 aliphatic rings. The Kier molecular flexibility index (Phi) is 5.30. The molecule has 1 aromatic carbocycles. The minimum Gasteiger partial charge on any atom is -0.334 e. The number of benzene rings is 1. The smallest absolute Gasteiger partial charge is 0.325 e. The van der Waals surface area contributed by atoms with Gasteiger partial charge in [-0.05, 0) is 31.7 Å². The Morgan fingerprint density at radius 1 is 1.23 bits per heavy atom. The van der Waals surface area contributed by atoms with E-state index in [-0.39, 0.29) is 24.4 Å². The highest BCUT2D eigenvalue weighted by molar-refractivity contribution is 6.09. The number of urea groups is 1. The molecule has 1 heterocycles. The van der Waals surface area contributed by atoms with Crippen molar-refractivity contribution in [3.05, 3.63) is 35.9 Å². The molecule has 6 heteroatoms. The van der Waals surface area contributed by atoms with Crippen molar-refractivity contribution < 1.29 is 14.4 Å². The SMILES string of the molecule is CC[C@@H](C)N(Cc1ccccc1)C(=O)CN1C(=O)NC2(CCCC2)C1=O. The van der Waals surface area contributed by atoms with Crippen LogP contribution in [-0.2, 0) is 16.1 Å². The summed E-state index contributed by atoms with van der Waals surface area (Å²) in [4.78, 5) is 40.9. The van der Waals surface area contributed by atoms with Crippen LogP contribution in [0, 0.1) is 0 Å². The number of hydrogen-bond acceptors (Lipinski definition) is 3. The van der Waals surface area contributed by atoms with Crippen LogP contribution in [0.4, 0.5) is 4.79 Å². The summed E-state index contributed by atoms with van der Waals surface area (Å²) in [7, 11) is 0. The van der Waals surface area contributed by atoms with Gasteiger partial charge in [0.2, 0.25) is 5.91 Å². The molecule has 1 aliphatic carbocycles. The van der Waals surface area contributed by atoms with Crippen LogP contribution >= 0.6 is 0 Å². The Labute approximate surface area is 154 Å². The van der Waals surface area contributed by atoms with Gasteiger partial charge in [-0.2, -0.15) is 0 Å². The highest BCUT2D eigenvalue weighted by Crippen LogP contribution is 2.35. The Balaban J connectivity index is 1.73. The first-order valence-corrected chi connectivity index (χ1v) is 9.44. The average molecular weight is 357 g/mol. The molecule has 0 unspecified atom stereocenters. The second-order valence-corrected chi connectivity index (χ2v) is 7.38. The van der Waals surface area contributed by atoms with Gasteiger partial charge in [-0.1, -0.05) is 50.1 Å². The van der Waals surface area contributed by atoms with Crippen LogP contribution in [0.5, 0.6) is 0 Å². The highest BCUT2D eigenvalue weighted by atomic mass is 16.2. The highest BCUT2D eigenvalue weighted by Gasteiger charge is 2.52. The summed E-state index contributed by atoms with van der Waals surface area (Å²) >= 11 is 0. The molecule has 3 rings (SSSR count). The molecule has 0 radical (unpaired) electrons. The van der Waals surface area contributed by atoms with Gasteiger partial charge in [-0.3, -0.25) is 14.5 Å². The molecule has 1 aliphatic heterocycles. The summed E-state index contributed by atoms with van der Waals surface area (Å²) in [6, 6.07) is 9.37. The molecular weight excluding hydrogens is 330 g/mol. The third kappa shape index (κ3) is 3.45. The lowest BCUT2D eigenvalue weighted by Gasteiger charge is -2.30. The monoisotopic (exact) mass is 357 g/mol. The van der Waals surface area contributed by atoms with E-state index in [1.54, 1.807) is 4.90 Å². The third-order valence-corrected chi connectivity index (χ3v) is 5.64. The molecule has 1 saturated heterocycles. The second kappa shape index (κ2) is 7.48. The molecule has 0 bridgehead atoms. The fourth-order valence-corrected chi connectivity index (χ4v) is 3.85. The van der Waals surface area contributed by atoms with Crippen molar-refractivity contribution in [1.29, 1.82) is 0 Å². The summed E-state index contributed by atoms with van der Waals surface area (Å²) in [6.45, 7) is 4.30. The van der Waals surface area contributed by atoms with Crippen molar-refractivity contribution in [3.63, 3.8) is 0 Å². The maximum absolute atomic E-state index is 13.0. The Morgan fingerprint density at radius 2 is 1.88 bits per heavy atom. The van der Waals surface area contributed by atoms with E-state index in [4.69, 9.17) is 0 Å². The lowest BCUT2D eigenvalue weighted by atomic mass is 9.98. The maximum Gasteiger partial charge on any atom is 0.325 e. The van der Waals surface area contributed by atoms with Crippen molar-refractivity contribution in [2.75, 3.05) is 6.54 Å². The van der Waals surface area contributed by atoms with Crippen LogP contribution in [0.2, 0.25) is 0 Å². The molecule has 140 valence electrons. The van der Waals surface area contributed by atoms with Gasteiger partial charge in [0.05, 0.1) is 0 Å². The number of carbonyl (C=O) groups excluding carboxylic acids is 3. The predicted molar refractivity (Wildman–Crippen MR) is 98.2 cm³/mol. The number of rotatable bonds is 6. The fraction of sp³-hybridized carbons (Fsp3) is 0.550. The predicted octanol–water partition coefficient (Wildman–Crippen LogP) is 2.68. The number of amides is 4. The Morgan fingerprint density at radius 3 is 2.50 bits per heavy atom. The van der Waals surface area contributed by atoms with Crippen LogP contribution in [0.3, 0.4) is 0 Å². The van der Waals surface area contributed by atoms with E-state index in [1.807, 2.05) is 44.2 Å². The van der Waals surface area contributed by atoms with Gasteiger partial charge in [-0.25, -0.2) is 4.79 Å². The van der Waals surface area contributed by atoms with Crippen LogP contribution in [-0.4, -0.2) is 45.8 Å². The lowest BCUT2D eigenvalue weighted by Crippen LogP contribution is -2.47. The van der Waals surface area contributed by atoms with Gasteiger partial charge in [0.1, 0.15) is 12.1 Å². The molecule has 2 fully saturated rings. The zero-order chi connectivity index (χ0) is 18.7.